The number of nitrogens with one attached hydrogen (secondary N) is 1. The van der Waals surface area contributed by atoms with Gasteiger partial charge in [0.15, 0.2) is 6.61 Å². The van der Waals surface area contributed by atoms with Crippen molar-refractivity contribution < 1.29 is 18.7 Å². The number of ether oxygens (including phenoxy) is 1. The molecule has 26 heavy (non-hydrogen) atoms. The van der Waals surface area contributed by atoms with Crippen LogP contribution in [0.15, 0.2) is 71.6 Å². The minimum absolute atomic E-state index is 0.113. The van der Waals surface area contributed by atoms with Crippen LogP contribution < -0.4 is 5.32 Å². The molecule has 0 atom stereocenters. The van der Waals surface area contributed by atoms with Gasteiger partial charge < -0.3 is 10.1 Å². The van der Waals surface area contributed by atoms with E-state index in [4.69, 9.17) is 4.74 Å². The van der Waals surface area contributed by atoms with Crippen LogP contribution in [0.1, 0.15) is 0 Å². The average Bonchev–Trinajstić information content (AvgIpc) is 2.66. The second kappa shape index (κ2) is 8.49. The summed E-state index contributed by atoms with van der Waals surface area (Å²) in [5.41, 5.74) is 0.443. The minimum atomic E-state index is -0.475. The number of amides is 1. The molecule has 4 nitrogen and oxygen atoms in total. The van der Waals surface area contributed by atoms with Crippen molar-refractivity contribution in [1.29, 1.82) is 0 Å². The molecule has 0 heterocycles. The maximum atomic E-state index is 12.8. The highest BCUT2D eigenvalue weighted by molar-refractivity contribution is 8.00. The number of anilines is 1. The fourth-order valence-electron chi connectivity index (χ4n) is 2.32. The van der Waals surface area contributed by atoms with E-state index in [9.17, 15) is 14.0 Å². The number of carbonyl (C=O) groups is 2. The number of thioether (sulfide) groups is 1. The third-order valence-corrected chi connectivity index (χ3v) is 4.54. The van der Waals surface area contributed by atoms with Crippen LogP contribution in [-0.4, -0.2) is 24.2 Å². The summed E-state index contributed by atoms with van der Waals surface area (Å²) in [6, 6.07) is 19.3. The molecule has 3 rings (SSSR count). The van der Waals surface area contributed by atoms with Gasteiger partial charge in [-0.3, -0.25) is 9.59 Å². The smallest absolute Gasteiger partial charge is 0.316 e. The fourth-order valence-corrected chi connectivity index (χ4v) is 3.06. The van der Waals surface area contributed by atoms with Crippen LogP contribution in [0, 0.1) is 5.82 Å². The molecule has 0 aliphatic heterocycles. The Bertz CT molecular complexity index is 928. The summed E-state index contributed by atoms with van der Waals surface area (Å²) in [4.78, 5) is 24.5. The Morgan fingerprint density at radius 3 is 2.46 bits per heavy atom. The molecule has 0 aromatic heterocycles. The van der Waals surface area contributed by atoms with Crippen LogP contribution in [0.4, 0.5) is 10.1 Å². The predicted molar refractivity (Wildman–Crippen MR) is 101 cm³/mol. The van der Waals surface area contributed by atoms with Crippen LogP contribution in [0.5, 0.6) is 0 Å². The molecular weight excluding hydrogens is 353 g/mol. The minimum Gasteiger partial charge on any atom is -0.455 e. The van der Waals surface area contributed by atoms with E-state index in [-0.39, 0.29) is 18.2 Å². The predicted octanol–water partition coefficient (Wildman–Crippen LogP) is 4.25. The fraction of sp³-hybridized carbons (Fsp3) is 0.100. The Hall–Kier alpha value is -2.86. The lowest BCUT2D eigenvalue weighted by Crippen LogP contribution is -2.21. The van der Waals surface area contributed by atoms with Gasteiger partial charge in [-0.25, -0.2) is 4.39 Å². The Balaban J connectivity index is 1.44. The van der Waals surface area contributed by atoms with Crippen LogP contribution in [0.25, 0.3) is 10.8 Å². The molecule has 0 saturated carbocycles. The first kappa shape index (κ1) is 17.9. The van der Waals surface area contributed by atoms with Gasteiger partial charge in [0, 0.05) is 10.6 Å². The highest BCUT2D eigenvalue weighted by Gasteiger charge is 2.09. The van der Waals surface area contributed by atoms with Crippen molar-refractivity contribution in [2.75, 3.05) is 17.7 Å². The molecule has 1 N–H and O–H groups in total. The second-order valence-corrected chi connectivity index (χ2v) is 6.56. The van der Waals surface area contributed by atoms with E-state index < -0.39 is 11.9 Å². The average molecular weight is 369 g/mol. The van der Waals surface area contributed by atoms with Gasteiger partial charge in [-0.1, -0.05) is 30.3 Å². The molecule has 0 aliphatic rings. The molecule has 3 aromatic rings. The van der Waals surface area contributed by atoms with E-state index >= 15 is 0 Å². The Morgan fingerprint density at radius 1 is 0.962 bits per heavy atom. The van der Waals surface area contributed by atoms with E-state index in [0.717, 1.165) is 15.7 Å². The first-order chi connectivity index (χ1) is 12.6. The van der Waals surface area contributed by atoms with Crippen LogP contribution in [0.2, 0.25) is 0 Å². The van der Waals surface area contributed by atoms with Gasteiger partial charge in [0.25, 0.3) is 5.91 Å². The SMILES string of the molecule is O=C(COC(=O)CSc1ccc2ccccc2c1)Nc1ccc(F)cc1. The van der Waals surface area contributed by atoms with E-state index in [0.29, 0.717) is 5.69 Å². The maximum Gasteiger partial charge on any atom is 0.316 e. The molecule has 0 aliphatic carbocycles. The van der Waals surface area contributed by atoms with Gasteiger partial charge in [-0.15, -0.1) is 11.8 Å². The summed E-state index contributed by atoms with van der Waals surface area (Å²) in [5, 5.41) is 4.77. The lowest BCUT2D eigenvalue weighted by molar-refractivity contribution is -0.144. The molecule has 6 heteroatoms. The van der Waals surface area contributed by atoms with Crippen molar-refractivity contribution in [1.82, 2.24) is 0 Å². The van der Waals surface area contributed by atoms with Crippen molar-refractivity contribution >= 4 is 40.1 Å². The Morgan fingerprint density at radius 2 is 1.69 bits per heavy atom. The molecule has 0 unspecified atom stereocenters. The summed E-state index contributed by atoms with van der Waals surface area (Å²) >= 11 is 1.35. The summed E-state index contributed by atoms with van der Waals surface area (Å²) in [5.74, 6) is -1.22. The van der Waals surface area contributed by atoms with Gasteiger partial charge in [-0.05, 0) is 47.2 Å². The number of hydrogen-bond acceptors (Lipinski definition) is 4. The zero-order valence-electron chi connectivity index (χ0n) is 13.8. The van der Waals surface area contributed by atoms with Crippen LogP contribution >= 0.6 is 11.8 Å². The number of fused-ring (bicyclic) bond motifs is 1. The maximum absolute atomic E-state index is 12.8. The first-order valence-electron chi connectivity index (χ1n) is 7.93. The monoisotopic (exact) mass is 369 g/mol. The third-order valence-electron chi connectivity index (χ3n) is 3.57. The first-order valence-corrected chi connectivity index (χ1v) is 8.91. The van der Waals surface area contributed by atoms with E-state index in [1.54, 1.807) is 0 Å². The topological polar surface area (TPSA) is 55.4 Å². The molecule has 1 amide bonds. The van der Waals surface area contributed by atoms with Crippen molar-refractivity contribution in [3.05, 3.63) is 72.5 Å². The number of hydrogen-bond donors (Lipinski definition) is 1. The van der Waals surface area contributed by atoms with Crippen molar-refractivity contribution in [2.45, 2.75) is 4.90 Å². The molecular formula is C20H16FNO3S. The van der Waals surface area contributed by atoms with Crippen LogP contribution in [-0.2, 0) is 14.3 Å². The van der Waals surface area contributed by atoms with Crippen molar-refractivity contribution in [3.8, 4) is 0 Å². The molecule has 0 radical (unpaired) electrons. The molecule has 0 bridgehead atoms. The van der Waals surface area contributed by atoms with E-state index in [1.807, 2.05) is 42.5 Å². The van der Waals surface area contributed by atoms with E-state index in [1.165, 1.54) is 36.0 Å². The van der Waals surface area contributed by atoms with Gasteiger partial charge in [-0.2, -0.15) is 0 Å². The molecule has 0 saturated heterocycles. The third kappa shape index (κ3) is 5.07. The standard InChI is InChI=1S/C20H16FNO3S/c21-16-6-8-17(9-7-16)22-19(23)12-25-20(24)13-26-18-10-5-14-3-1-2-4-15(14)11-18/h1-11H,12-13H2,(H,22,23). The van der Waals surface area contributed by atoms with Crippen LogP contribution in [0.3, 0.4) is 0 Å². The van der Waals surface area contributed by atoms with Gasteiger partial charge in [0.2, 0.25) is 0 Å². The largest absolute Gasteiger partial charge is 0.455 e. The molecule has 3 aromatic carbocycles. The lowest BCUT2D eigenvalue weighted by atomic mass is 10.1. The molecule has 132 valence electrons. The van der Waals surface area contributed by atoms with Gasteiger partial charge >= 0.3 is 5.97 Å². The summed E-state index contributed by atoms with van der Waals surface area (Å²) < 4.78 is 17.8. The van der Waals surface area contributed by atoms with E-state index in [2.05, 4.69) is 5.32 Å². The second-order valence-electron chi connectivity index (χ2n) is 5.51. The number of rotatable bonds is 6. The highest BCUT2D eigenvalue weighted by Crippen LogP contribution is 2.23. The Labute approximate surface area is 154 Å². The number of esters is 1. The van der Waals surface area contributed by atoms with Crippen molar-refractivity contribution in [3.63, 3.8) is 0 Å². The number of halogens is 1. The number of carbonyl (C=O) groups excluding carboxylic acids is 2. The lowest BCUT2D eigenvalue weighted by Gasteiger charge is -2.07. The summed E-state index contributed by atoms with van der Waals surface area (Å²) in [6.07, 6.45) is 0. The zero-order chi connectivity index (χ0) is 18.4. The Kier molecular flexibility index (Phi) is 5.86. The highest BCUT2D eigenvalue weighted by atomic mass is 32.2. The zero-order valence-corrected chi connectivity index (χ0v) is 14.6. The molecule has 0 fully saturated rings. The van der Waals surface area contributed by atoms with Gasteiger partial charge in [0.05, 0.1) is 5.75 Å². The van der Waals surface area contributed by atoms with Gasteiger partial charge in [0.1, 0.15) is 5.82 Å². The summed E-state index contributed by atoms with van der Waals surface area (Å²) in [6.45, 7) is -0.380. The molecule has 0 spiro atoms. The summed E-state index contributed by atoms with van der Waals surface area (Å²) in [7, 11) is 0. The quantitative estimate of drug-likeness (QED) is 0.521. The van der Waals surface area contributed by atoms with Crippen molar-refractivity contribution in [2.24, 2.45) is 0 Å². The number of benzene rings is 3. The normalized spacial score (nSPS) is 10.5.